The number of halogens is 3. The Morgan fingerprint density at radius 2 is 2.16 bits per heavy atom. The van der Waals surface area contributed by atoms with Gasteiger partial charge in [-0.2, -0.15) is 0 Å². The Balaban J connectivity index is 2.35. The predicted octanol–water partition coefficient (Wildman–Crippen LogP) is 4.04. The third kappa shape index (κ3) is 3.35. The molecule has 0 radical (unpaired) electrons. The van der Waals surface area contributed by atoms with Crippen molar-refractivity contribution in [1.29, 1.82) is 0 Å². The van der Waals surface area contributed by atoms with Crippen LogP contribution in [-0.4, -0.2) is 12.0 Å². The highest BCUT2D eigenvalue weighted by atomic mass is 35.5. The molecule has 0 saturated heterocycles. The molecule has 1 aromatic carbocycles. The molecule has 6 heteroatoms. The van der Waals surface area contributed by atoms with E-state index >= 15 is 0 Å². The van der Waals surface area contributed by atoms with E-state index in [1.54, 1.807) is 25.2 Å². The summed E-state index contributed by atoms with van der Waals surface area (Å²) in [6.45, 7) is 0.429. The zero-order chi connectivity index (χ0) is 13.8. The summed E-state index contributed by atoms with van der Waals surface area (Å²) in [5, 5.41) is 3.60. The molecule has 100 valence electrons. The van der Waals surface area contributed by atoms with Crippen molar-refractivity contribution in [2.45, 2.75) is 6.54 Å². The number of hydrogen-bond acceptors (Lipinski definition) is 3. The maximum absolute atomic E-state index is 13.2. The van der Waals surface area contributed by atoms with Crippen LogP contribution in [0, 0.1) is 5.82 Å². The number of rotatable bonds is 4. The van der Waals surface area contributed by atoms with Crippen molar-refractivity contribution in [3.05, 3.63) is 51.9 Å². The second kappa shape index (κ2) is 6.19. The standard InChI is InChI=1S/C13H11Cl2FN2O/c1-17-6-8-5-9(16)7-18-13(8)19-11-4-2-3-10(14)12(11)15/h2-5,7,17H,6H2,1H3. The first-order valence-electron chi connectivity index (χ1n) is 5.52. The highest BCUT2D eigenvalue weighted by Crippen LogP contribution is 2.34. The van der Waals surface area contributed by atoms with Crippen molar-refractivity contribution >= 4 is 23.2 Å². The number of hydrogen-bond donors (Lipinski definition) is 1. The fourth-order valence-electron chi connectivity index (χ4n) is 1.54. The minimum absolute atomic E-state index is 0.292. The van der Waals surface area contributed by atoms with Gasteiger partial charge in [0.2, 0.25) is 5.88 Å². The molecule has 0 fully saturated rings. The van der Waals surface area contributed by atoms with E-state index in [2.05, 4.69) is 10.3 Å². The van der Waals surface area contributed by atoms with Gasteiger partial charge in [-0.1, -0.05) is 29.3 Å². The van der Waals surface area contributed by atoms with Crippen molar-refractivity contribution in [3.8, 4) is 11.6 Å². The number of nitrogens with one attached hydrogen (secondary N) is 1. The maximum atomic E-state index is 13.2. The zero-order valence-electron chi connectivity index (χ0n) is 10.1. The number of ether oxygens (including phenoxy) is 1. The Kier molecular flexibility index (Phi) is 4.58. The van der Waals surface area contributed by atoms with Crippen LogP contribution in [0.15, 0.2) is 30.5 Å². The third-order valence-corrected chi connectivity index (χ3v) is 3.18. The summed E-state index contributed by atoms with van der Waals surface area (Å²) in [7, 11) is 1.75. The van der Waals surface area contributed by atoms with Crippen molar-refractivity contribution in [2.75, 3.05) is 7.05 Å². The summed E-state index contributed by atoms with van der Waals surface area (Å²) >= 11 is 11.9. The second-order valence-corrected chi connectivity index (χ2v) is 4.59. The molecule has 3 nitrogen and oxygen atoms in total. The van der Waals surface area contributed by atoms with E-state index < -0.39 is 5.82 Å². The molecule has 0 amide bonds. The molecule has 0 spiro atoms. The van der Waals surface area contributed by atoms with E-state index in [-0.39, 0.29) is 0 Å². The summed E-state index contributed by atoms with van der Waals surface area (Å²) in [6.07, 6.45) is 1.09. The Morgan fingerprint density at radius 1 is 1.37 bits per heavy atom. The molecule has 0 aliphatic rings. The van der Waals surface area contributed by atoms with E-state index in [1.807, 2.05) is 0 Å². The normalized spacial score (nSPS) is 10.5. The molecular formula is C13H11Cl2FN2O. The quantitative estimate of drug-likeness (QED) is 0.925. The molecule has 0 unspecified atom stereocenters. The SMILES string of the molecule is CNCc1cc(F)cnc1Oc1cccc(Cl)c1Cl. The molecule has 0 bridgehead atoms. The topological polar surface area (TPSA) is 34.2 Å². The summed E-state index contributed by atoms with van der Waals surface area (Å²) in [5.41, 5.74) is 0.596. The van der Waals surface area contributed by atoms with Crippen LogP contribution in [0.2, 0.25) is 10.0 Å². The lowest BCUT2D eigenvalue weighted by molar-refractivity contribution is 0.450. The molecule has 0 saturated carbocycles. The Hall–Kier alpha value is -1.36. The van der Waals surface area contributed by atoms with Crippen molar-refractivity contribution < 1.29 is 9.13 Å². The van der Waals surface area contributed by atoms with Gasteiger partial charge in [-0.15, -0.1) is 0 Å². The molecule has 0 atom stereocenters. The predicted molar refractivity (Wildman–Crippen MR) is 73.5 cm³/mol. The van der Waals surface area contributed by atoms with E-state index in [4.69, 9.17) is 27.9 Å². The second-order valence-electron chi connectivity index (χ2n) is 3.80. The number of aromatic nitrogens is 1. The monoisotopic (exact) mass is 300 g/mol. The van der Waals surface area contributed by atoms with Crippen molar-refractivity contribution in [2.24, 2.45) is 0 Å². The first-order chi connectivity index (χ1) is 9.11. The largest absolute Gasteiger partial charge is 0.437 e. The van der Waals surface area contributed by atoms with Crippen LogP contribution in [0.1, 0.15) is 5.56 Å². The van der Waals surface area contributed by atoms with Crippen LogP contribution in [0.4, 0.5) is 4.39 Å². The first kappa shape index (κ1) is 14.1. The Morgan fingerprint density at radius 3 is 2.89 bits per heavy atom. The average molecular weight is 301 g/mol. The lowest BCUT2D eigenvalue weighted by Gasteiger charge is -2.11. The highest BCUT2D eigenvalue weighted by Gasteiger charge is 2.11. The number of benzene rings is 1. The Labute approximate surface area is 120 Å². The van der Waals surface area contributed by atoms with E-state index in [1.165, 1.54) is 6.07 Å². The van der Waals surface area contributed by atoms with Crippen LogP contribution >= 0.6 is 23.2 Å². The summed E-state index contributed by atoms with van der Waals surface area (Å²) in [5.74, 6) is 0.250. The van der Waals surface area contributed by atoms with E-state index in [9.17, 15) is 4.39 Å². The van der Waals surface area contributed by atoms with Gasteiger partial charge < -0.3 is 10.1 Å². The van der Waals surface area contributed by atoms with Gasteiger partial charge in [-0.05, 0) is 25.2 Å². The molecule has 1 heterocycles. The molecule has 1 N–H and O–H groups in total. The lowest BCUT2D eigenvalue weighted by Crippen LogP contribution is -2.08. The van der Waals surface area contributed by atoms with Crippen molar-refractivity contribution in [1.82, 2.24) is 10.3 Å². The van der Waals surface area contributed by atoms with Crippen LogP contribution in [0.3, 0.4) is 0 Å². The Bertz CT molecular complexity index is 593. The summed E-state index contributed by atoms with van der Waals surface area (Å²) in [4.78, 5) is 3.92. The highest BCUT2D eigenvalue weighted by molar-refractivity contribution is 6.42. The minimum atomic E-state index is -0.421. The first-order valence-corrected chi connectivity index (χ1v) is 6.28. The lowest BCUT2D eigenvalue weighted by atomic mass is 10.2. The molecule has 0 aliphatic carbocycles. The molecule has 2 aromatic rings. The van der Waals surface area contributed by atoms with Gasteiger partial charge in [0.15, 0.2) is 0 Å². The van der Waals surface area contributed by atoms with Gasteiger partial charge >= 0.3 is 0 Å². The van der Waals surface area contributed by atoms with Gasteiger partial charge in [-0.25, -0.2) is 9.37 Å². The maximum Gasteiger partial charge on any atom is 0.223 e. The molecular weight excluding hydrogens is 290 g/mol. The van der Waals surface area contributed by atoms with Crippen LogP contribution < -0.4 is 10.1 Å². The van der Waals surface area contributed by atoms with Crippen LogP contribution in [0.25, 0.3) is 0 Å². The summed E-state index contributed by atoms with van der Waals surface area (Å²) in [6, 6.07) is 6.40. The average Bonchev–Trinajstić information content (AvgIpc) is 2.38. The summed E-state index contributed by atoms with van der Waals surface area (Å²) < 4.78 is 18.8. The molecule has 19 heavy (non-hydrogen) atoms. The number of nitrogens with zero attached hydrogens (tertiary/aromatic N) is 1. The van der Waals surface area contributed by atoms with Crippen LogP contribution in [0.5, 0.6) is 11.6 Å². The molecule has 1 aromatic heterocycles. The van der Waals surface area contributed by atoms with Gasteiger partial charge in [0.1, 0.15) is 16.6 Å². The van der Waals surface area contributed by atoms with Crippen molar-refractivity contribution in [3.63, 3.8) is 0 Å². The van der Waals surface area contributed by atoms with E-state index in [0.717, 1.165) is 6.20 Å². The zero-order valence-corrected chi connectivity index (χ0v) is 11.6. The third-order valence-electron chi connectivity index (χ3n) is 2.38. The fraction of sp³-hybridized carbons (Fsp3) is 0.154. The van der Waals surface area contributed by atoms with Gasteiger partial charge in [0.25, 0.3) is 0 Å². The van der Waals surface area contributed by atoms with Crippen LogP contribution in [-0.2, 0) is 6.54 Å². The number of pyridine rings is 1. The van der Waals surface area contributed by atoms with E-state index in [0.29, 0.717) is 33.8 Å². The molecule has 2 rings (SSSR count). The van der Waals surface area contributed by atoms with Gasteiger partial charge in [0, 0.05) is 12.1 Å². The van der Waals surface area contributed by atoms with Gasteiger partial charge in [-0.3, -0.25) is 0 Å². The fourth-order valence-corrected chi connectivity index (χ4v) is 1.88. The molecule has 0 aliphatic heterocycles. The van der Waals surface area contributed by atoms with Gasteiger partial charge in [0.05, 0.1) is 11.2 Å². The smallest absolute Gasteiger partial charge is 0.223 e. The minimum Gasteiger partial charge on any atom is -0.437 e.